The van der Waals surface area contributed by atoms with E-state index in [9.17, 15) is 0 Å². The van der Waals surface area contributed by atoms with Gasteiger partial charge in [0.2, 0.25) is 0 Å². The molecule has 2 atom stereocenters. The Labute approximate surface area is 337 Å². The summed E-state index contributed by atoms with van der Waals surface area (Å²) in [5, 5.41) is 0. The summed E-state index contributed by atoms with van der Waals surface area (Å²) in [6, 6.07) is 28.0. The number of rotatable bonds is 11. The van der Waals surface area contributed by atoms with Gasteiger partial charge in [0.25, 0.3) is 0 Å². The van der Waals surface area contributed by atoms with Gasteiger partial charge in [0.15, 0.2) is 0 Å². The Morgan fingerprint density at radius 1 is 0.537 bits per heavy atom. The molecule has 2 unspecified atom stereocenters. The van der Waals surface area contributed by atoms with Gasteiger partial charge in [-0.15, -0.1) is 0 Å². The second-order valence-corrected chi connectivity index (χ2v) is 61.2. The zero-order valence-electron chi connectivity index (χ0n) is 35.3. The Hall–Kier alpha value is -1.96. The molecule has 0 spiro atoms. The van der Waals surface area contributed by atoms with Gasteiger partial charge < -0.3 is 0 Å². The van der Waals surface area contributed by atoms with Gasteiger partial charge in [0.05, 0.1) is 0 Å². The molecule has 2 aliphatic rings. The maximum absolute atomic E-state index is 9.07. The van der Waals surface area contributed by atoms with Crippen LogP contribution in [0.15, 0.2) is 83.9 Å². The first-order chi connectivity index (χ1) is 25.4. The van der Waals surface area contributed by atoms with Gasteiger partial charge in [-0.05, 0) is 0 Å². The van der Waals surface area contributed by atoms with Crippen LogP contribution in [0, 0.1) is 10.8 Å². The molecule has 6 rings (SSSR count). The molecule has 4 heteroatoms. The molecule has 287 valence electrons. The summed E-state index contributed by atoms with van der Waals surface area (Å²) in [5.41, 5.74) is 19.4. The van der Waals surface area contributed by atoms with Crippen molar-refractivity contribution in [2.24, 2.45) is 10.8 Å². The van der Waals surface area contributed by atoms with Crippen LogP contribution in [0.4, 0.5) is 0 Å². The summed E-state index contributed by atoms with van der Waals surface area (Å²) in [7, 11) is 18.1. The van der Waals surface area contributed by atoms with Gasteiger partial charge in [-0.25, -0.2) is 0 Å². The first-order valence-corrected chi connectivity index (χ1v) is 37.2. The molecule has 0 bridgehead atoms. The van der Waals surface area contributed by atoms with Crippen LogP contribution in [-0.2, 0) is 41.2 Å². The van der Waals surface area contributed by atoms with Crippen molar-refractivity contribution in [2.45, 2.75) is 128 Å². The Kier molecular flexibility index (Phi) is 11.9. The van der Waals surface area contributed by atoms with E-state index in [1.165, 1.54) is 77.9 Å². The molecular formula is C50H65Cl2SiZr. The Morgan fingerprint density at radius 2 is 0.907 bits per heavy atom. The summed E-state index contributed by atoms with van der Waals surface area (Å²) >= 11 is -5.11. The number of benzene rings is 4. The second kappa shape index (κ2) is 15.4. The molecule has 54 heavy (non-hydrogen) atoms. The SMILES string of the molecule is CCCc1ccc2c(c1-c1ccccc1CC)C=C(C(C)(C)C)[CH]2[Zr]([Cl])([Cl])([CH]1C(C(C)(C)C)=Cc2c1ccc(CCC)c2-c1ccccc1CC)[SiH](C)C. The zero-order chi connectivity index (χ0) is 39.4. The minimum absolute atomic E-state index is 0.0306. The summed E-state index contributed by atoms with van der Waals surface area (Å²) in [6.07, 6.45) is 11.5. The molecule has 0 fully saturated rings. The molecule has 0 N–H and O–H groups in total. The van der Waals surface area contributed by atoms with Crippen molar-refractivity contribution < 1.29 is 15.6 Å². The average molecular weight is 856 g/mol. The first-order valence-electron chi connectivity index (χ1n) is 20.9. The zero-order valence-corrected chi connectivity index (χ0v) is 40.4. The fourth-order valence-electron chi connectivity index (χ4n) is 10.0. The number of aryl methyl sites for hydroxylation is 4. The van der Waals surface area contributed by atoms with E-state index in [2.05, 4.69) is 167 Å². The molecule has 0 radical (unpaired) electrons. The predicted molar refractivity (Wildman–Crippen MR) is 241 cm³/mol. The molecule has 0 saturated heterocycles. The van der Waals surface area contributed by atoms with E-state index < -0.39 is 21.5 Å². The van der Waals surface area contributed by atoms with Crippen LogP contribution in [0.2, 0.25) is 13.1 Å². The number of fused-ring (bicyclic) bond motifs is 2. The summed E-state index contributed by atoms with van der Waals surface area (Å²) in [5.74, 6) is -1.76. The molecule has 0 aromatic heterocycles. The fourth-order valence-corrected chi connectivity index (χ4v) is 41.5. The minimum atomic E-state index is -5.11. The number of halogens is 2. The van der Waals surface area contributed by atoms with E-state index in [-0.39, 0.29) is 18.1 Å². The van der Waals surface area contributed by atoms with Crippen molar-refractivity contribution in [1.29, 1.82) is 0 Å². The summed E-state index contributed by atoms with van der Waals surface area (Å²) in [4.78, 5) is 0. The van der Waals surface area contributed by atoms with E-state index in [0.29, 0.717) is 0 Å². The maximum atomic E-state index is 9.07. The van der Waals surface area contributed by atoms with Crippen LogP contribution in [0.3, 0.4) is 0 Å². The third kappa shape index (κ3) is 6.90. The Morgan fingerprint density at radius 3 is 1.22 bits per heavy atom. The molecule has 0 heterocycles. The normalized spacial score (nSPS) is 17.9. The molecule has 0 amide bonds. The van der Waals surface area contributed by atoms with Crippen molar-refractivity contribution in [2.75, 3.05) is 0 Å². The van der Waals surface area contributed by atoms with Gasteiger partial charge >= 0.3 is 340 Å². The van der Waals surface area contributed by atoms with Crippen LogP contribution in [0.5, 0.6) is 0 Å². The van der Waals surface area contributed by atoms with Crippen molar-refractivity contribution in [1.82, 2.24) is 0 Å². The molecule has 4 aromatic carbocycles. The van der Waals surface area contributed by atoms with Gasteiger partial charge in [-0.2, -0.15) is 0 Å². The molecular weight excluding hydrogens is 791 g/mol. The van der Waals surface area contributed by atoms with Crippen molar-refractivity contribution >= 4 is 35.1 Å². The molecule has 0 nitrogen and oxygen atoms in total. The van der Waals surface area contributed by atoms with Gasteiger partial charge in [0.1, 0.15) is 0 Å². The molecule has 4 aromatic rings. The van der Waals surface area contributed by atoms with E-state index in [0.717, 1.165) is 38.5 Å². The van der Waals surface area contributed by atoms with E-state index >= 15 is 0 Å². The van der Waals surface area contributed by atoms with Gasteiger partial charge in [0, 0.05) is 0 Å². The Balaban J connectivity index is 1.73. The van der Waals surface area contributed by atoms with E-state index in [4.69, 9.17) is 17.0 Å². The molecule has 0 aliphatic heterocycles. The third-order valence-corrected chi connectivity index (χ3v) is 64.4. The van der Waals surface area contributed by atoms with Crippen LogP contribution in [0.25, 0.3) is 34.4 Å². The Bertz CT molecular complexity index is 1970. The van der Waals surface area contributed by atoms with Crippen LogP contribution < -0.4 is 0 Å². The van der Waals surface area contributed by atoms with Crippen molar-refractivity contribution in [3.63, 3.8) is 0 Å². The number of hydrogen-bond donors (Lipinski definition) is 0. The quantitative estimate of drug-likeness (QED) is 0.132. The average Bonchev–Trinajstić information content (AvgIpc) is 3.74. The number of allylic oxidation sites excluding steroid dienone is 2. The van der Waals surface area contributed by atoms with E-state index in [1.54, 1.807) is 0 Å². The second-order valence-electron chi connectivity index (χ2n) is 18.7. The first kappa shape index (κ1) is 41.7. The van der Waals surface area contributed by atoms with Crippen LogP contribution in [-0.4, -0.2) is 5.92 Å². The van der Waals surface area contributed by atoms with E-state index in [1.807, 2.05) is 0 Å². The van der Waals surface area contributed by atoms with Crippen molar-refractivity contribution in [3.05, 3.63) is 128 Å². The molecule has 2 aliphatic carbocycles. The van der Waals surface area contributed by atoms with Gasteiger partial charge in [-0.1, -0.05) is 0 Å². The third-order valence-electron chi connectivity index (χ3n) is 12.9. The predicted octanol–water partition coefficient (Wildman–Crippen LogP) is 15.7. The summed E-state index contributed by atoms with van der Waals surface area (Å²) < 4.78 is 0.0612. The standard InChI is InChI=1S/2C24H29.C2H7Si.2ClH.Zr/c2*1-6-10-18-13-14-19-15-20(24(3,4)5)16-22(19)23(18)21-12-9-8-11-17(21)7-2;1-3-2;;;/h2*8-9,11-16H,6-7,10H2,1-5H3;3H,1-2H3;2*1H;/q;;;;;+2/p-2. The van der Waals surface area contributed by atoms with Crippen molar-refractivity contribution in [3.8, 4) is 22.3 Å². The topological polar surface area (TPSA) is 0 Å². The number of hydrogen-bond acceptors (Lipinski definition) is 0. The van der Waals surface area contributed by atoms with Crippen LogP contribution >= 0.6 is 17.0 Å². The fraction of sp³-hybridized carbons (Fsp3) is 0.440. The monoisotopic (exact) mass is 853 g/mol. The van der Waals surface area contributed by atoms with Gasteiger partial charge in [-0.3, -0.25) is 0 Å². The molecule has 0 saturated carbocycles. The summed E-state index contributed by atoms with van der Waals surface area (Å²) in [6.45, 7) is 28.6. The van der Waals surface area contributed by atoms with Crippen LogP contribution in [0.1, 0.15) is 134 Å².